The fourth-order valence-corrected chi connectivity index (χ4v) is 4.16. The van der Waals surface area contributed by atoms with Crippen LogP contribution in [0.4, 0.5) is 5.69 Å². The lowest BCUT2D eigenvalue weighted by molar-refractivity contribution is 0.0733. The van der Waals surface area contributed by atoms with Crippen molar-refractivity contribution in [2.75, 3.05) is 18.5 Å². The second kappa shape index (κ2) is 19.3. The van der Waals surface area contributed by atoms with Crippen molar-refractivity contribution in [2.24, 2.45) is 0 Å². The van der Waals surface area contributed by atoms with E-state index in [-0.39, 0.29) is 11.2 Å². The van der Waals surface area contributed by atoms with E-state index in [2.05, 4.69) is 19.2 Å². The van der Waals surface area contributed by atoms with Crippen LogP contribution in [0.15, 0.2) is 53.3 Å². The Kier molecular flexibility index (Phi) is 15.9. The van der Waals surface area contributed by atoms with E-state index < -0.39 is 5.97 Å². The fourth-order valence-electron chi connectivity index (χ4n) is 4.16. The van der Waals surface area contributed by atoms with Crippen molar-refractivity contribution in [3.8, 4) is 11.5 Å². The number of unbranched alkanes of at least 4 members (excludes halogenated alkanes) is 12. The van der Waals surface area contributed by atoms with Crippen molar-refractivity contribution in [2.45, 2.75) is 104 Å². The van der Waals surface area contributed by atoms with E-state index in [0.29, 0.717) is 12.2 Å². The van der Waals surface area contributed by atoms with Gasteiger partial charge in [-0.1, -0.05) is 90.9 Å². The number of nitrogens with one attached hydrogen (secondary N) is 1. The van der Waals surface area contributed by atoms with Crippen LogP contribution in [0.1, 0.15) is 114 Å². The number of esters is 1. The average molecular weight is 510 g/mol. The number of rotatable bonds is 20. The molecule has 1 N–H and O–H groups in total. The molecule has 0 aliphatic rings. The topological polar surface area (TPSA) is 64.6 Å². The van der Waals surface area contributed by atoms with Crippen LogP contribution in [-0.2, 0) is 0 Å². The zero-order valence-electron chi connectivity index (χ0n) is 23.1. The standard InChI is InChI=1S/C32H47NO4/c1-3-5-7-9-10-11-12-13-14-16-26-36-29-21-17-27(18-22-29)32(35)37-31-24-20-28(19-23-30(31)34)33-25-15-8-6-4-2/h17-24,33H,3-16,25-26H2,1-2H3. The van der Waals surface area contributed by atoms with Crippen LogP contribution >= 0.6 is 0 Å². The molecule has 37 heavy (non-hydrogen) atoms. The summed E-state index contributed by atoms with van der Waals surface area (Å²) in [7, 11) is 0. The molecule has 0 saturated heterocycles. The van der Waals surface area contributed by atoms with E-state index >= 15 is 0 Å². The number of carbonyl (C=O) groups is 1. The Balaban J connectivity index is 1.69. The smallest absolute Gasteiger partial charge is 0.343 e. The van der Waals surface area contributed by atoms with Gasteiger partial charge in [-0.2, -0.15) is 0 Å². The first kappa shape index (κ1) is 30.4. The van der Waals surface area contributed by atoms with E-state index in [1.54, 1.807) is 42.5 Å². The Bertz CT molecular complexity index is 942. The minimum atomic E-state index is -0.557. The number of ether oxygens (including phenoxy) is 2. The summed E-state index contributed by atoms with van der Waals surface area (Å²) in [5.41, 5.74) is 0.884. The molecular weight excluding hydrogens is 462 g/mol. The van der Waals surface area contributed by atoms with E-state index in [9.17, 15) is 9.59 Å². The molecule has 2 rings (SSSR count). The Hall–Kier alpha value is -2.82. The molecule has 204 valence electrons. The quantitative estimate of drug-likeness (QED) is 0.143. The van der Waals surface area contributed by atoms with Crippen LogP contribution in [0.2, 0.25) is 0 Å². The molecule has 5 heteroatoms. The lowest BCUT2D eigenvalue weighted by Gasteiger charge is -2.07. The Morgan fingerprint density at radius 3 is 1.89 bits per heavy atom. The maximum absolute atomic E-state index is 12.6. The predicted octanol–water partition coefficient (Wildman–Crippen LogP) is 8.56. The van der Waals surface area contributed by atoms with Crippen molar-refractivity contribution in [3.63, 3.8) is 0 Å². The van der Waals surface area contributed by atoms with Gasteiger partial charge in [0.15, 0.2) is 5.75 Å². The lowest BCUT2D eigenvalue weighted by atomic mass is 10.1. The number of carbonyl (C=O) groups excluding carboxylic acids is 1. The summed E-state index contributed by atoms with van der Waals surface area (Å²) in [6.45, 7) is 5.96. The molecule has 0 aliphatic carbocycles. The summed E-state index contributed by atoms with van der Waals surface area (Å²) >= 11 is 0. The second-order valence-corrected chi connectivity index (χ2v) is 9.78. The Morgan fingerprint density at radius 2 is 1.24 bits per heavy atom. The molecule has 0 spiro atoms. The molecule has 0 bridgehead atoms. The van der Waals surface area contributed by atoms with E-state index in [4.69, 9.17) is 9.47 Å². The number of hydrogen-bond acceptors (Lipinski definition) is 5. The number of anilines is 1. The molecule has 5 nitrogen and oxygen atoms in total. The molecule has 0 fully saturated rings. The van der Waals surface area contributed by atoms with Gasteiger partial charge in [0.1, 0.15) is 5.75 Å². The van der Waals surface area contributed by atoms with Crippen molar-refractivity contribution in [1.29, 1.82) is 0 Å². The average Bonchev–Trinajstić information content (AvgIpc) is 3.08. The SMILES string of the molecule is CCCCCCCCCCCCOc1ccc(C(=O)Oc2ccc(NCCCCCC)ccc2=O)cc1. The van der Waals surface area contributed by atoms with Crippen molar-refractivity contribution in [3.05, 3.63) is 64.3 Å². The van der Waals surface area contributed by atoms with Crippen molar-refractivity contribution >= 4 is 11.7 Å². The third kappa shape index (κ3) is 13.3. The zero-order valence-corrected chi connectivity index (χ0v) is 23.1. The zero-order chi connectivity index (χ0) is 26.6. The first-order chi connectivity index (χ1) is 18.1. The molecular formula is C32H47NO4. The van der Waals surface area contributed by atoms with E-state index in [1.807, 2.05) is 0 Å². The van der Waals surface area contributed by atoms with Gasteiger partial charge >= 0.3 is 5.97 Å². The third-order valence-corrected chi connectivity index (χ3v) is 6.49. The second-order valence-electron chi connectivity index (χ2n) is 9.78. The summed E-state index contributed by atoms with van der Waals surface area (Å²) in [4.78, 5) is 24.9. The largest absolute Gasteiger partial charge is 0.494 e. The summed E-state index contributed by atoms with van der Waals surface area (Å²) in [5, 5.41) is 3.32. The van der Waals surface area contributed by atoms with Crippen molar-refractivity contribution in [1.82, 2.24) is 0 Å². The highest BCUT2D eigenvalue weighted by molar-refractivity contribution is 5.91. The molecule has 0 radical (unpaired) electrons. The van der Waals surface area contributed by atoms with Gasteiger partial charge in [0.25, 0.3) is 0 Å². The van der Waals surface area contributed by atoms with Gasteiger partial charge in [-0.05, 0) is 61.4 Å². The van der Waals surface area contributed by atoms with Gasteiger partial charge < -0.3 is 14.8 Å². The highest BCUT2D eigenvalue weighted by atomic mass is 16.5. The van der Waals surface area contributed by atoms with Gasteiger partial charge in [-0.3, -0.25) is 4.79 Å². The summed E-state index contributed by atoms with van der Waals surface area (Å²) in [6, 6.07) is 13.4. The van der Waals surface area contributed by atoms with Crippen LogP contribution in [0, 0.1) is 0 Å². The molecule has 0 aromatic heterocycles. The van der Waals surface area contributed by atoms with Crippen LogP contribution in [0.5, 0.6) is 11.5 Å². The molecule has 0 atom stereocenters. The number of benzene rings is 1. The van der Waals surface area contributed by atoms with Crippen LogP contribution in [0.3, 0.4) is 0 Å². The molecule has 0 amide bonds. The summed E-state index contributed by atoms with van der Waals surface area (Å²) < 4.78 is 11.2. The summed E-state index contributed by atoms with van der Waals surface area (Å²) in [6.07, 6.45) is 17.6. The lowest BCUT2D eigenvalue weighted by Crippen LogP contribution is -2.13. The normalized spacial score (nSPS) is 10.8. The molecule has 2 aromatic carbocycles. The van der Waals surface area contributed by atoms with Gasteiger partial charge in [-0.25, -0.2) is 4.79 Å². The number of hydrogen-bond donors (Lipinski definition) is 1. The minimum Gasteiger partial charge on any atom is -0.494 e. The first-order valence-corrected chi connectivity index (χ1v) is 14.5. The van der Waals surface area contributed by atoms with Crippen molar-refractivity contribution < 1.29 is 14.3 Å². The predicted molar refractivity (Wildman–Crippen MR) is 154 cm³/mol. The molecule has 0 saturated carbocycles. The van der Waals surface area contributed by atoms with E-state index in [1.165, 1.54) is 83.1 Å². The highest BCUT2D eigenvalue weighted by Gasteiger charge is 2.11. The maximum atomic E-state index is 12.6. The van der Waals surface area contributed by atoms with Gasteiger partial charge in [0.2, 0.25) is 5.43 Å². The van der Waals surface area contributed by atoms with Gasteiger partial charge in [0.05, 0.1) is 12.2 Å². The monoisotopic (exact) mass is 509 g/mol. The molecule has 0 unspecified atom stereocenters. The fraction of sp³-hybridized carbons (Fsp3) is 0.562. The Labute approximate surface area is 224 Å². The highest BCUT2D eigenvalue weighted by Crippen LogP contribution is 2.16. The van der Waals surface area contributed by atoms with Crippen LogP contribution in [0.25, 0.3) is 0 Å². The van der Waals surface area contributed by atoms with Crippen LogP contribution in [-0.4, -0.2) is 19.1 Å². The maximum Gasteiger partial charge on any atom is 0.343 e. The van der Waals surface area contributed by atoms with E-state index in [0.717, 1.165) is 30.8 Å². The molecule has 2 aromatic rings. The minimum absolute atomic E-state index is 0.0188. The molecule has 0 heterocycles. The van der Waals surface area contributed by atoms with Gasteiger partial charge in [-0.15, -0.1) is 0 Å². The third-order valence-electron chi connectivity index (χ3n) is 6.49. The van der Waals surface area contributed by atoms with Gasteiger partial charge in [0, 0.05) is 12.2 Å². The first-order valence-electron chi connectivity index (χ1n) is 14.5. The summed E-state index contributed by atoms with van der Waals surface area (Å²) in [5.74, 6) is 0.196. The molecule has 0 aliphatic heterocycles. The Morgan fingerprint density at radius 1 is 0.676 bits per heavy atom. The van der Waals surface area contributed by atoms with Crippen LogP contribution < -0.4 is 20.2 Å².